The lowest BCUT2D eigenvalue weighted by Crippen LogP contribution is -2.25. The van der Waals surface area contributed by atoms with Gasteiger partial charge < -0.3 is 19.4 Å². The highest BCUT2D eigenvalue weighted by atomic mass is 16.5. The molecule has 0 aliphatic carbocycles. The van der Waals surface area contributed by atoms with E-state index in [0.29, 0.717) is 24.5 Å². The number of aryl methyl sites for hydroxylation is 3. The predicted octanol–water partition coefficient (Wildman–Crippen LogP) is 2.05. The number of amides is 1. The van der Waals surface area contributed by atoms with Crippen LogP contribution in [-0.2, 0) is 0 Å². The van der Waals surface area contributed by atoms with Crippen LogP contribution in [0.15, 0.2) is 21.1 Å². The topological polar surface area (TPSA) is 88.5 Å². The van der Waals surface area contributed by atoms with E-state index in [0.717, 1.165) is 11.3 Å². The van der Waals surface area contributed by atoms with Crippen LogP contribution in [0.1, 0.15) is 45.9 Å². The van der Waals surface area contributed by atoms with Crippen LogP contribution < -0.4 is 5.32 Å². The Hall–Kier alpha value is -2.08. The van der Waals surface area contributed by atoms with E-state index in [1.165, 1.54) is 0 Å². The van der Waals surface area contributed by atoms with E-state index < -0.39 is 6.10 Å². The maximum atomic E-state index is 11.7. The molecule has 2 aromatic rings. The fourth-order valence-electron chi connectivity index (χ4n) is 2.02. The van der Waals surface area contributed by atoms with E-state index in [1.54, 1.807) is 13.0 Å². The van der Waals surface area contributed by atoms with Crippen LogP contribution in [0.5, 0.6) is 0 Å². The van der Waals surface area contributed by atoms with E-state index in [-0.39, 0.29) is 11.6 Å². The molecule has 2 aromatic heterocycles. The largest absolute Gasteiger partial charge is 0.466 e. The summed E-state index contributed by atoms with van der Waals surface area (Å²) in [6.07, 6.45) is -0.255. The van der Waals surface area contributed by atoms with Crippen LogP contribution in [0.25, 0.3) is 0 Å². The van der Waals surface area contributed by atoms with Gasteiger partial charge in [0.15, 0.2) is 5.69 Å². The molecule has 0 saturated heterocycles. The molecule has 0 unspecified atom stereocenters. The summed E-state index contributed by atoms with van der Waals surface area (Å²) in [4.78, 5) is 11.7. The molecule has 0 spiro atoms. The van der Waals surface area contributed by atoms with Crippen molar-refractivity contribution >= 4 is 5.91 Å². The van der Waals surface area contributed by atoms with Gasteiger partial charge in [0.05, 0.1) is 6.10 Å². The number of nitrogens with one attached hydrogen (secondary N) is 1. The summed E-state index contributed by atoms with van der Waals surface area (Å²) in [7, 11) is 0. The van der Waals surface area contributed by atoms with E-state index >= 15 is 0 Å². The zero-order valence-corrected chi connectivity index (χ0v) is 11.8. The second-order valence-electron chi connectivity index (χ2n) is 4.75. The number of hydrogen-bond acceptors (Lipinski definition) is 5. The molecule has 0 radical (unpaired) electrons. The molecule has 0 fully saturated rings. The number of aliphatic hydroxyl groups is 1. The first kappa shape index (κ1) is 14.3. The number of nitrogens with zero attached hydrogens (tertiary/aromatic N) is 1. The minimum Gasteiger partial charge on any atom is -0.466 e. The van der Waals surface area contributed by atoms with Gasteiger partial charge in [0.1, 0.15) is 17.3 Å². The zero-order chi connectivity index (χ0) is 14.7. The molecule has 6 heteroatoms. The van der Waals surface area contributed by atoms with Gasteiger partial charge in [-0.25, -0.2) is 0 Å². The summed E-state index contributed by atoms with van der Waals surface area (Å²) in [6.45, 7) is 5.70. The first-order valence-electron chi connectivity index (χ1n) is 6.44. The monoisotopic (exact) mass is 278 g/mol. The number of hydrogen-bond donors (Lipinski definition) is 2. The number of furan rings is 1. The Morgan fingerprint density at radius 1 is 1.35 bits per heavy atom. The standard InChI is InChI=1S/C14H18N2O4/c1-8-6-11(10(3)19-8)13(17)4-5-15-14(18)12-7-9(2)20-16-12/h6-7,13,17H,4-5H2,1-3H3,(H,15,18)/t13-/m0/s1. The number of carbonyl (C=O) groups is 1. The third-order valence-electron chi connectivity index (χ3n) is 3.00. The molecule has 1 amide bonds. The van der Waals surface area contributed by atoms with Crippen molar-refractivity contribution in [1.82, 2.24) is 10.5 Å². The van der Waals surface area contributed by atoms with Crippen molar-refractivity contribution in [3.63, 3.8) is 0 Å². The fourth-order valence-corrected chi connectivity index (χ4v) is 2.02. The first-order valence-corrected chi connectivity index (χ1v) is 6.44. The summed E-state index contributed by atoms with van der Waals surface area (Å²) in [5, 5.41) is 16.4. The van der Waals surface area contributed by atoms with Gasteiger partial charge in [-0.3, -0.25) is 4.79 Å². The van der Waals surface area contributed by atoms with Gasteiger partial charge in [-0.15, -0.1) is 0 Å². The van der Waals surface area contributed by atoms with Crippen LogP contribution in [0.2, 0.25) is 0 Å². The highest BCUT2D eigenvalue weighted by Crippen LogP contribution is 2.23. The quantitative estimate of drug-likeness (QED) is 0.873. The minimum absolute atomic E-state index is 0.243. The maximum Gasteiger partial charge on any atom is 0.273 e. The summed E-state index contributed by atoms with van der Waals surface area (Å²) in [5.74, 6) is 1.74. The first-order chi connectivity index (χ1) is 9.47. The van der Waals surface area contributed by atoms with Gasteiger partial charge in [0, 0.05) is 18.2 Å². The molecule has 108 valence electrons. The zero-order valence-electron chi connectivity index (χ0n) is 11.8. The molecule has 2 heterocycles. The van der Waals surface area contributed by atoms with Crippen molar-refractivity contribution in [3.8, 4) is 0 Å². The average molecular weight is 278 g/mol. The summed E-state index contributed by atoms with van der Waals surface area (Å²) < 4.78 is 10.2. The Bertz CT molecular complexity index is 600. The second kappa shape index (κ2) is 5.92. The lowest BCUT2D eigenvalue weighted by atomic mass is 10.1. The smallest absolute Gasteiger partial charge is 0.273 e. The number of aliphatic hydroxyl groups excluding tert-OH is 1. The van der Waals surface area contributed by atoms with Crippen molar-refractivity contribution in [1.29, 1.82) is 0 Å². The van der Waals surface area contributed by atoms with E-state index in [1.807, 2.05) is 19.9 Å². The predicted molar refractivity (Wildman–Crippen MR) is 71.3 cm³/mol. The third kappa shape index (κ3) is 3.27. The van der Waals surface area contributed by atoms with E-state index in [4.69, 9.17) is 8.94 Å². The van der Waals surface area contributed by atoms with E-state index in [9.17, 15) is 9.90 Å². The maximum absolute atomic E-state index is 11.7. The lowest BCUT2D eigenvalue weighted by molar-refractivity contribution is 0.0933. The minimum atomic E-state index is -0.660. The molecule has 0 saturated carbocycles. The van der Waals surface area contributed by atoms with Crippen LogP contribution in [-0.4, -0.2) is 22.7 Å². The number of carbonyl (C=O) groups excluding carboxylic acids is 1. The molecule has 0 aromatic carbocycles. The third-order valence-corrected chi connectivity index (χ3v) is 3.00. The Morgan fingerprint density at radius 3 is 2.65 bits per heavy atom. The van der Waals surface area contributed by atoms with Gasteiger partial charge in [0.25, 0.3) is 5.91 Å². The molecule has 0 aliphatic heterocycles. The van der Waals surface area contributed by atoms with Crippen molar-refractivity contribution in [2.45, 2.75) is 33.3 Å². The van der Waals surface area contributed by atoms with Gasteiger partial charge in [0.2, 0.25) is 0 Å². The Morgan fingerprint density at radius 2 is 2.10 bits per heavy atom. The van der Waals surface area contributed by atoms with Gasteiger partial charge in [-0.05, 0) is 33.3 Å². The second-order valence-corrected chi connectivity index (χ2v) is 4.75. The molecule has 0 aliphatic rings. The lowest BCUT2D eigenvalue weighted by Gasteiger charge is -2.09. The highest BCUT2D eigenvalue weighted by Gasteiger charge is 2.15. The summed E-state index contributed by atoms with van der Waals surface area (Å²) in [6, 6.07) is 3.37. The van der Waals surface area contributed by atoms with Gasteiger partial charge in [-0.2, -0.15) is 0 Å². The summed E-state index contributed by atoms with van der Waals surface area (Å²) in [5.41, 5.74) is 1.00. The van der Waals surface area contributed by atoms with E-state index in [2.05, 4.69) is 10.5 Å². The molecule has 20 heavy (non-hydrogen) atoms. The van der Waals surface area contributed by atoms with Crippen molar-refractivity contribution in [3.05, 3.63) is 40.7 Å². The van der Waals surface area contributed by atoms with Crippen molar-refractivity contribution in [2.24, 2.45) is 0 Å². The average Bonchev–Trinajstić information content (AvgIpc) is 2.95. The Labute approximate surface area is 116 Å². The normalized spacial score (nSPS) is 12.4. The van der Waals surface area contributed by atoms with Crippen LogP contribution in [0, 0.1) is 20.8 Å². The van der Waals surface area contributed by atoms with Crippen LogP contribution in [0.4, 0.5) is 0 Å². The van der Waals surface area contributed by atoms with Crippen LogP contribution >= 0.6 is 0 Å². The molecular weight excluding hydrogens is 260 g/mol. The number of aromatic nitrogens is 1. The Balaban J connectivity index is 1.84. The highest BCUT2D eigenvalue weighted by molar-refractivity contribution is 5.92. The van der Waals surface area contributed by atoms with Crippen molar-refractivity contribution < 1.29 is 18.8 Å². The van der Waals surface area contributed by atoms with Crippen LogP contribution in [0.3, 0.4) is 0 Å². The number of rotatable bonds is 5. The molecule has 2 rings (SSSR count). The molecule has 0 bridgehead atoms. The summed E-state index contributed by atoms with van der Waals surface area (Å²) >= 11 is 0. The molecule has 6 nitrogen and oxygen atoms in total. The van der Waals surface area contributed by atoms with Crippen molar-refractivity contribution in [2.75, 3.05) is 6.54 Å². The molecular formula is C14H18N2O4. The SMILES string of the molecule is Cc1cc(C(=O)NCC[C@H](O)c2cc(C)oc2C)no1. The van der Waals surface area contributed by atoms with Gasteiger partial charge in [-0.1, -0.05) is 5.16 Å². The Kier molecular flexibility index (Phi) is 4.24. The molecule has 1 atom stereocenters. The molecule has 2 N–H and O–H groups in total. The fraction of sp³-hybridized carbons (Fsp3) is 0.429. The van der Waals surface area contributed by atoms with Gasteiger partial charge >= 0.3 is 0 Å².